The van der Waals surface area contributed by atoms with Gasteiger partial charge in [0.2, 0.25) is 10.0 Å². The molecular weight excluding hydrogens is 174 g/mol. The third-order valence-electron chi connectivity index (χ3n) is 3.25. The summed E-state index contributed by atoms with van der Waals surface area (Å²) in [6.45, 7) is 0. The standard InChI is InChI=1S/C8H13NO2S/c10-12(11,6-4-5-6)9-7-2-1-3-8(7)9/h6-8H,1-5H2/t7-,8-/m1/s1. The third-order valence-corrected chi connectivity index (χ3v) is 5.69. The lowest BCUT2D eigenvalue weighted by molar-refractivity contribution is 0.516. The molecule has 2 atom stereocenters. The Hall–Kier alpha value is -0.0900. The van der Waals surface area contributed by atoms with E-state index in [1.54, 1.807) is 4.31 Å². The molecule has 2 saturated carbocycles. The maximum atomic E-state index is 11.7. The van der Waals surface area contributed by atoms with E-state index in [1.807, 2.05) is 0 Å². The van der Waals surface area contributed by atoms with Gasteiger partial charge in [-0.3, -0.25) is 0 Å². The zero-order chi connectivity index (χ0) is 8.34. The van der Waals surface area contributed by atoms with Crippen molar-refractivity contribution >= 4 is 10.0 Å². The first-order valence-electron chi connectivity index (χ1n) is 4.73. The van der Waals surface area contributed by atoms with Crippen molar-refractivity contribution in [2.24, 2.45) is 0 Å². The van der Waals surface area contributed by atoms with E-state index in [0.29, 0.717) is 12.1 Å². The van der Waals surface area contributed by atoms with Gasteiger partial charge >= 0.3 is 0 Å². The van der Waals surface area contributed by atoms with Crippen molar-refractivity contribution in [1.82, 2.24) is 4.31 Å². The highest BCUT2D eigenvalue weighted by molar-refractivity contribution is 7.90. The summed E-state index contributed by atoms with van der Waals surface area (Å²) in [4.78, 5) is 0. The molecule has 2 aliphatic carbocycles. The Balaban J connectivity index is 1.83. The van der Waals surface area contributed by atoms with Crippen molar-refractivity contribution < 1.29 is 8.42 Å². The Bertz CT molecular complexity index is 297. The van der Waals surface area contributed by atoms with Crippen LogP contribution in [0.1, 0.15) is 32.1 Å². The second kappa shape index (κ2) is 2.04. The molecule has 0 aromatic heterocycles. The molecule has 1 saturated heterocycles. The Morgan fingerprint density at radius 3 is 2.08 bits per heavy atom. The molecule has 0 unspecified atom stereocenters. The van der Waals surface area contributed by atoms with E-state index in [9.17, 15) is 8.42 Å². The van der Waals surface area contributed by atoms with Crippen LogP contribution in [0.2, 0.25) is 0 Å². The first-order valence-corrected chi connectivity index (χ1v) is 6.24. The number of hydrogen-bond donors (Lipinski definition) is 0. The second-order valence-electron chi connectivity index (χ2n) is 4.14. The Morgan fingerprint density at radius 1 is 1.00 bits per heavy atom. The van der Waals surface area contributed by atoms with Crippen LogP contribution in [0.4, 0.5) is 0 Å². The molecule has 3 nitrogen and oxygen atoms in total. The number of nitrogens with zero attached hydrogens (tertiary/aromatic N) is 1. The summed E-state index contributed by atoms with van der Waals surface area (Å²) in [7, 11) is -2.82. The normalized spacial score (nSPS) is 45.8. The average molecular weight is 187 g/mol. The van der Waals surface area contributed by atoms with Crippen LogP contribution in [0.5, 0.6) is 0 Å². The predicted molar refractivity (Wildman–Crippen MR) is 45.2 cm³/mol. The summed E-state index contributed by atoms with van der Waals surface area (Å²) < 4.78 is 25.2. The van der Waals surface area contributed by atoms with Gasteiger partial charge in [0, 0.05) is 12.1 Å². The molecule has 3 aliphatic rings. The fraction of sp³-hybridized carbons (Fsp3) is 1.00. The smallest absolute Gasteiger partial charge is 0.212 e. The Labute approximate surface area is 72.8 Å². The fourth-order valence-corrected chi connectivity index (χ4v) is 4.67. The highest BCUT2D eigenvalue weighted by Gasteiger charge is 2.60. The molecule has 0 amide bonds. The third kappa shape index (κ3) is 0.823. The van der Waals surface area contributed by atoms with Crippen LogP contribution in [-0.4, -0.2) is 30.1 Å². The zero-order valence-electron chi connectivity index (χ0n) is 6.94. The van der Waals surface area contributed by atoms with Crippen molar-refractivity contribution in [2.75, 3.05) is 0 Å². The molecule has 0 N–H and O–H groups in total. The SMILES string of the molecule is O=S(=O)(C1CC1)N1[C@@H]2CCC[C@H]21. The summed E-state index contributed by atoms with van der Waals surface area (Å²) in [6, 6.07) is 0.825. The van der Waals surface area contributed by atoms with Gasteiger partial charge in [0.1, 0.15) is 0 Å². The maximum Gasteiger partial charge on any atom is 0.217 e. The summed E-state index contributed by atoms with van der Waals surface area (Å²) in [5, 5.41) is 0.00287. The molecule has 0 radical (unpaired) electrons. The molecular formula is C8H13NO2S. The summed E-state index contributed by atoms with van der Waals surface area (Å²) in [6.07, 6.45) is 5.25. The van der Waals surface area contributed by atoms with E-state index in [2.05, 4.69) is 0 Å². The van der Waals surface area contributed by atoms with Gasteiger partial charge < -0.3 is 0 Å². The van der Waals surface area contributed by atoms with Crippen LogP contribution in [0.3, 0.4) is 0 Å². The predicted octanol–water partition coefficient (Wildman–Crippen LogP) is 0.715. The van der Waals surface area contributed by atoms with Gasteiger partial charge in [-0.05, 0) is 25.7 Å². The van der Waals surface area contributed by atoms with Gasteiger partial charge in [0.05, 0.1) is 5.25 Å². The molecule has 3 fully saturated rings. The van der Waals surface area contributed by atoms with Crippen molar-refractivity contribution in [1.29, 1.82) is 0 Å². The molecule has 3 rings (SSSR count). The van der Waals surface area contributed by atoms with Gasteiger partial charge in [0.25, 0.3) is 0 Å². The van der Waals surface area contributed by atoms with Crippen LogP contribution in [-0.2, 0) is 10.0 Å². The van der Waals surface area contributed by atoms with E-state index in [0.717, 1.165) is 25.7 Å². The molecule has 0 aromatic rings. The monoisotopic (exact) mass is 187 g/mol. The number of rotatable bonds is 2. The molecule has 1 heterocycles. The minimum absolute atomic E-state index is 0.00287. The lowest BCUT2D eigenvalue weighted by Crippen LogP contribution is -2.21. The minimum atomic E-state index is -2.82. The van der Waals surface area contributed by atoms with E-state index in [-0.39, 0.29) is 5.25 Å². The van der Waals surface area contributed by atoms with Crippen LogP contribution in [0.25, 0.3) is 0 Å². The molecule has 12 heavy (non-hydrogen) atoms. The van der Waals surface area contributed by atoms with Crippen molar-refractivity contribution in [2.45, 2.75) is 49.4 Å². The molecule has 1 aliphatic heterocycles. The molecule has 4 heteroatoms. The zero-order valence-corrected chi connectivity index (χ0v) is 7.76. The van der Waals surface area contributed by atoms with Gasteiger partial charge in [-0.25, -0.2) is 8.42 Å². The summed E-state index contributed by atoms with van der Waals surface area (Å²) >= 11 is 0. The summed E-state index contributed by atoms with van der Waals surface area (Å²) in [5.74, 6) is 0. The average Bonchev–Trinajstić information content (AvgIpc) is 2.90. The van der Waals surface area contributed by atoms with Crippen LogP contribution in [0.15, 0.2) is 0 Å². The topological polar surface area (TPSA) is 37.1 Å². The molecule has 68 valence electrons. The van der Waals surface area contributed by atoms with E-state index >= 15 is 0 Å². The fourth-order valence-electron chi connectivity index (χ4n) is 2.40. The number of hydrogen-bond acceptors (Lipinski definition) is 2. The van der Waals surface area contributed by atoms with E-state index in [4.69, 9.17) is 0 Å². The van der Waals surface area contributed by atoms with E-state index in [1.165, 1.54) is 6.42 Å². The second-order valence-corrected chi connectivity index (χ2v) is 6.26. The van der Waals surface area contributed by atoms with Gasteiger partial charge in [-0.2, -0.15) is 4.31 Å². The molecule has 0 bridgehead atoms. The Kier molecular flexibility index (Phi) is 1.25. The maximum absolute atomic E-state index is 11.7. The van der Waals surface area contributed by atoms with Gasteiger partial charge in [0.15, 0.2) is 0 Å². The first-order chi connectivity index (χ1) is 5.71. The Morgan fingerprint density at radius 2 is 1.58 bits per heavy atom. The quantitative estimate of drug-likeness (QED) is 0.597. The van der Waals surface area contributed by atoms with Crippen LogP contribution >= 0.6 is 0 Å². The minimum Gasteiger partial charge on any atom is -0.212 e. The summed E-state index contributed by atoms with van der Waals surface area (Å²) in [5.41, 5.74) is 0. The van der Waals surface area contributed by atoms with Crippen LogP contribution < -0.4 is 0 Å². The lowest BCUT2D eigenvalue weighted by atomic mass is 10.3. The number of piperidine rings is 1. The van der Waals surface area contributed by atoms with Gasteiger partial charge in [-0.1, -0.05) is 6.42 Å². The van der Waals surface area contributed by atoms with Crippen molar-refractivity contribution in [3.8, 4) is 0 Å². The highest BCUT2D eigenvalue weighted by Crippen LogP contribution is 2.48. The largest absolute Gasteiger partial charge is 0.217 e. The number of sulfonamides is 1. The van der Waals surface area contributed by atoms with E-state index < -0.39 is 10.0 Å². The lowest BCUT2D eigenvalue weighted by Gasteiger charge is -2.06. The molecule has 0 aromatic carbocycles. The molecule has 0 spiro atoms. The highest BCUT2D eigenvalue weighted by atomic mass is 32.2. The van der Waals surface area contributed by atoms with Crippen molar-refractivity contribution in [3.63, 3.8) is 0 Å². The van der Waals surface area contributed by atoms with Crippen LogP contribution in [0, 0.1) is 0 Å². The number of fused-ring (bicyclic) bond motifs is 1. The first kappa shape index (κ1) is 7.33. The van der Waals surface area contributed by atoms with Gasteiger partial charge in [-0.15, -0.1) is 0 Å². The van der Waals surface area contributed by atoms with Crippen molar-refractivity contribution in [3.05, 3.63) is 0 Å².